The van der Waals surface area contributed by atoms with Crippen LogP contribution >= 0.6 is 22.7 Å². The smallest absolute Gasteiger partial charge is 0.259 e. The van der Waals surface area contributed by atoms with E-state index in [0.717, 1.165) is 20.9 Å². The number of amides is 2. The van der Waals surface area contributed by atoms with Crippen molar-refractivity contribution in [3.8, 4) is 20.9 Å². The molecule has 2 aromatic heterocycles. The lowest BCUT2D eigenvalue weighted by molar-refractivity contribution is 0.0880. The summed E-state index contributed by atoms with van der Waals surface area (Å²) in [6.45, 7) is 0. The van der Waals surface area contributed by atoms with Gasteiger partial charge in [0.2, 0.25) is 0 Å². The van der Waals surface area contributed by atoms with E-state index in [1.54, 1.807) is 22.7 Å². The van der Waals surface area contributed by atoms with Gasteiger partial charge < -0.3 is 0 Å². The van der Waals surface area contributed by atoms with Gasteiger partial charge in [-0.1, -0.05) is 24.3 Å². The molecule has 0 unspecified atom stereocenters. The fourth-order valence-corrected chi connectivity index (χ4v) is 4.09. The molecule has 3 heterocycles. The molecule has 1 N–H and O–H groups in total. The summed E-state index contributed by atoms with van der Waals surface area (Å²) in [7, 11) is 0. The third-order valence-electron chi connectivity index (χ3n) is 3.46. The number of hydrogen-bond acceptors (Lipinski definition) is 4. The van der Waals surface area contributed by atoms with Crippen LogP contribution in [0.4, 0.5) is 0 Å². The largest absolute Gasteiger partial charge is 0.288 e. The van der Waals surface area contributed by atoms with E-state index in [1.165, 1.54) is 0 Å². The molecular formula is C16H9NO2S2. The van der Waals surface area contributed by atoms with E-state index < -0.39 is 0 Å². The molecule has 2 amide bonds. The number of hydrogen-bond donors (Lipinski definition) is 1. The first kappa shape index (κ1) is 12.5. The molecule has 21 heavy (non-hydrogen) atoms. The molecule has 0 aliphatic carbocycles. The number of carbonyl (C=O) groups is 2. The van der Waals surface area contributed by atoms with Gasteiger partial charge in [-0.15, -0.1) is 22.7 Å². The predicted octanol–water partition coefficient (Wildman–Crippen LogP) is 4.03. The summed E-state index contributed by atoms with van der Waals surface area (Å²) in [6, 6.07) is 11.7. The third-order valence-corrected chi connectivity index (χ3v) is 5.27. The van der Waals surface area contributed by atoms with Crippen molar-refractivity contribution in [1.29, 1.82) is 0 Å². The number of imide groups is 1. The Morgan fingerprint density at radius 3 is 1.57 bits per heavy atom. The Bertz CT molecular complexity index is 778. The van der Waals surface area contributed by atoms with Gasteiger partial charge in [0.25, 0.3) is 11.8 Å². The van der Waals surface area contributed by atoms with Gasteiger partial charge in [0.1, 0.15) is 0 Å². The molecule has 0 bridgehead atoms. The number of carbonyl (C=O) groups excluding carboxylic acids is 2. The Kier molecular flexibility index (Phi) is 2.77. The van der Waals surface area contributed by atoms with Crippen molar-refractivity contribution in [2.75, 3.05) is 0 Å². The maximum absolute atomic E-state index is 12.2. The summed E-state index contributed by atoms with van der Waals surface area (Å²) < 4.78 is 0. The molecule has 0 spiro atoms. The van der Waals surface area contributed by atoms with Crippen LogP contribution in [-0.4, -0.2) is 11.8 Å². The zero-order valence-corrected chi connectivity index (χ0v) is 12.4. The Hall–Kier alpha value is -2.24. The van der Waals surface area contributed by atoms with Crippen molar-refractivity contribution in [2.45, 2.75) is 0 Å². The van der Waals surface area contributed by atoms with E-state index in [2.05, 4.69) is 5.32 Å². The van der Waals surface area contributed by atoms with Gasteiger partial charge in [-0.25, -0.2) is 0 Å². The van der Waals surface area contributed by atoms with Gasteiger partial charge in [-0.05, 0) is 22.9 Å². The van der Waals surface area contributed by atoms with Crippen LogP contribution in [-0.2, 0) is 0 Å². The summed E-state index contributed by atoms with van der Waals surface area (Å²) in [5, 5.41) is 6.34. The van der Waals surface area contributed by atoms with E-state index in [9.17, 15) is 9.59 Å². The molecule has 3 aromatic rings. The number of rotatable bonds is 2. The van der Waals surface area contributed by atoms with Gasteiger partial charge in [-0.3, -0.25) is 14.9 Å². The van der Waals surface area contributed by atoms with Crippen molar-refractivity contribution in [3.05, 3.63) is 58.3 Å². The summed E-state index contributed by atoms with van der Waals surface area (Å²) >= 11 is 3.12. The van der Waals surface area contributed by atoms with Gasteiger partial charge >= 0.3 is 0 Å². The molecular weight excluding hydrogens is 302 g/mol. The molecule has 1 aromatic carbocycles. The predicted molar refractivity (Wildman–Crippen MR) is 84.9 cm³/mol. The molecule has 1 aliphatic heterocycles. The molecule has 102 valence electrons. The summed E-state index contributed by atoms with van der Waals surface area (Å²) in [5.41, 5.74) is 2.63. The zero-order valence-electron chi connectivity index (χ0n) is 10.8. The highest BCUT2D eigenvalue weighted by molar-refractivity contribution is 7.14. The molecule has 0 fully saturated rings. The second-order valence-corrected chi connectivity index (χ2v) is 6.54. The highest BCUT2D eigenvalue weighted by Crippen LogP contribution is 2.38. The van der Waals surface area contributed by atoms with Crippen LogP contribution in [0.1, 0.15) is 20.7 Å². The van der Waals surface area contributed by atoms with Crippen LogP contribution in [0.25, 0.3) is 20.9 Å². The van der Waals surface area contributed by atoms with Crippen molar-refractivity contribution < 1.29 is 9.59 Å². The first-order valence-corrected chi connectivity index (χ1v) is 8.12. The second-order valence-electron chi connectivity index (χ2n) is 4.65. The van der Waals surface area contributed by atoms with Crippen LogP contribution in [0.15, 0.2) is 47.2 Å². The van der Waals surface area contributed by atoms with Gasteiger partial charge in [-0.2, -0.15) is 0 Å². The van der Waals surface area contributed by atoms with E-state index in [1.807, 2.05) is 47.2 Å². The standard InChI is InChI=1S/C16H9NO2S2/c18-15-13-9(11-3-1-7-20-11)5-6-10(12-4-2-8-21-12)14(13)16(19)17-15/h1-8H,(H,17,18,19). The lowest BCUT2D eigenvalue weighted by Gasteiger charge is -2.08. The van der Waals surface area contributed by atoms with Crippen LogP contribution in [0.2, 0.25) is 0 Å². The van der Waals surface area contributed by atoms with Crippen LogP contribution in [0, 0.1) is 0 Å². The Balaban J connectivity index is 2.03. The maximum Gasteiger partial charge on any atom is 0.259 e. The van der Waals surface area contributed by atoms with Crippen LogP contribution in [0.5, 0.6) is 0 Å². The summed E-state index contributed by atoms with van der Waals surface area (Å²) in [6.07, 6.45) is 0. The van der Waals surface area contributed by atoms with Crippen molar-refractivity contribution in [2.24, 2.45) is 0 Å². The number of nitrogens with one attached hydrogen (secondary N) is 1. The highest BCUT2D eigenvalue weighted by atomic mass is 32.1. The quantitative estimate of drug-likeness (QED) is 0.726. The van der Waals surface area contributed by atoms with Crippen molar-refractivity contribution in [3.63, 3.8) is 0 Å². The minimum Gasteiger partial charge on any atom is -0.288 e. The topological polar surface area (TPSA) is 46.2 Å². The number of benzene rings is 1. The minimum absolute atomic E-state index is 0.309. The van der Waals surface area contributed by atoms with Gasteiger partial charge in [0, 0.05) is 20.9 Å². The first-order chi connectivity index (χ1) is 10.3. The summed E-state index contributed by atoms with van der Waals surface area (Å²) in [5.74, 6) is -0.617. The van der Waals surface area contributed by atoms with E-state index in [0.29, 0.717) is 11.1 Å². The molecule has 0 radical (unpaired) electrons. The molecule has 0 atom stereocenters. The molecule has 4 rings (SSSR count). The Labute approximate surface area is 128 Å². The minimum atomic E-state index is -0.309. The van der Waals surface area contributed by atoms with Crippen LogP contribution < -0.4 is 5.32 Å². The van der Waals surface area contributed by atoms with E-state index >= 15 is 0 Å². The molecule has 0 saturated carbocycles. The third kappa shape index (κ3) is 1.86. The molecule has 1 aliphatic rings. The molecule has 0 saturated heterocycles. The maximum atomic E-state index is 12.2. The van der Waals surface area contributed by atoms with Gasteiger partial charge in [0.05, 0.1) is 11.1 Å². The molecule has 5 heteroatoms. The van der Waals surface area contributed by atoms with Crippen LogP contribution in [0.3, 0.4) is 0 Å². The first-order valence-electron chi connectivity index (χ1n) is 6.36. The fourth-order valence-electron chi connectivity index (χ4n) is 2.58. The van der Waals surface area contributed by atoms with E-state index in [4.69, 9.17) is 0 Å². The lowest BCUT2D eigenvalue weighted by atomic mass is 9.96. The SMILES string of the molecule is O=C1NC(=O)c2c(-c3cccs3)ccc(-c3cccs3)c21. The monoisotopic (exact) mass is 311 g/mol. The highest BCUT2D eigenvalue weighted by Gasteiger charge is 2.33. The zero-order chi connectivity index (χ0) is 14.4. The van der Waals surface area contributed by atoms with Gasteiger partial charge in [0.15, 0.2) is 0 Å². The number of thiophene rings is 2. The lowest BCUT2D eigenvalue weighted by Crippen LogP contribution is -2.20. The number of fused-ring (bicyclic) bond motifs is 1. The van der Waals surface area contributed by atoms with Crippen molar-refractivity contribution in [1.82, 2.24) is 5.32 Å². The van der Waals surface area contributed by atoms with E-state index in [-0.39, 0.29) is 11.8 Å². The normalized spacial score (nSPS) is 13.3. The second kappa shape index (κ2) is 4.65. The Morgan fingerprint density at radius 2 is 1.19 bits per heavy atom. The summed E-state index contributed by atoms with van der Waals surface area (Å²) in [4.78, 5) is 26.4. The average molecular weight is 311 g/mol. The van der Waals surface area contributed by atoms with Crippen molar-refractivity contribution >= 4 is 34.5 Å². The Morgan fingerprint density at radius 1 is 0.714 bits per heavy atom. The molecule has 3 nitrogen and oxygen atoms in total. The average Bonchev–Trinajstić information content (AvgIpc) is 3.21. The fraction of sp³-hybridized carbons (Fsp3) is 0.